The van der Waals surface area contributed by atoms with Gasteiger partial charge in [0.1, 0.15) is 5.38 Å². The summed E-state index contributed by atoms with van der Waals surface area (Å²) in [5.74, 6) is -1.29. The van der Waals surface area contributed by atoms with Gasteiger partial charge in [0.25, 0.3) is 0 Å². The third kappa shape index (κ3) is 2.07. The summed E-state index contributed by atoms with van der Waals surface area (Å²) in [5.41, 5.74) is 0. The maximum Gasteiger partial charge on any atom is 0.333 e. The Morgan fingerprint density at radius 3 is 2.64 bits per heavy atom. The lowest BCUT2D eigenvalue weighted by molar-refractivity contribution is -0.158. The molecule has 2 unspecified atom stereocenters. The molecule has 62 valence electrons. The number of hydrogen-bond acceptors (Lipinski definition) is 3. The predicted octanol–water partition coefficient (Wildman–Crippen LogP) is 1.06. The molecule has 0 radical (unpaired) electrons. The molecule has 0 spiro atoms. The monoisotopic (exact) mass is 196 g/mol. The second-order valence-corrected chi connectivity index (χ2v) is 3.28. The summed E-state index contributed by atoms with van der Waals surface area (Å²) in [4.78, 5) is 21.4. The molecule has 0 aromatic rings. The number of carbonyl (C=O) groups excluding carboxylic acids is 2. The zero-order valence-electron chi connectivity index (χ0n) is 5.55. The normalized spacial score (nSPS) is 32.9. The average molecular weight is 197 g/mol. The Morgan fingerprint density at radius 2 is 2.00 bits per heavy atom. The molecule has 5 heteroatoms. The van der Waals surface area contributed by atoms with Crippen LogP contribution in [0.4, 0.5) is 0 Å². The van der Waals surface area contributed by atoms with Crippen LogP contribution in [0, 0.1) is 0 Å². The molecule has 1 aliphatic rings. The van der Waals surface area contributed by atoms with Gasteiger partial charge in [0.2, 0.25) is 0 Å². The zero-order chi connectivity index (χ0) is 8.43. The van der Waals surface area contributed by atoms with Crippen molar-refractivity contribution in [2.45, 2.75) is 23.6 Å². The minimum absolute atomic E-state index is 0.156. The van der Waals surface area contributed by atoms with Crippen LogP contribution in [0.5, 0.6) is 0 Å². The molecule has 1 heterocycles. The van der Waals surface area contributed by atoms with Crippen LogP contribution in [0.3, 0.4) is 0 Å². The van der Waals surface area contributed by atoms with E-state index in [-0.39, 0.29) is 6.42 Å². The van der Waals surface area contributed by atoms with Crippen LogP contribution in [0.25, 0.3) is 0 Å². The third-order valence-corrected chi connectivity index (χ3v) is 2.46. The van der Waals surface area contributed by atoms with Crippen LogP contribution < -0.4 is 0 Å². The molecule has 3 nitrogen and oxygen atoms in total. The van der Waals surface area contributed by atoms with Gasteiger partial charge in [-0.25, -0.2) is 4.79 Å². The van der Waals surface area contributed by atoms with Crippen LogP contribution in [-0.4, -0.2) is 22.7 Å². The molecule has 1 rings (SSSR count). The SMILES string of the molecule is O=C1CCC(Cl)C(Cl)C(=O)O1. The molecule has 0 amide bonds. The first-order chi connectivity index (χ1) is 5.11. The van der Waals surface area contributed by atoms with Crippen molar-refractivity contribution in [1.29, 1.82) is 0 Å². The Kier molecular flexibility index (Phi) is 2.73. The van der Waals surface area contributed by atoms with Crippen LogP contribution in [-0.2, 0) is 14.3 Å². The summed E-state index contributed by atoms with van der Waals surface area (Å²) >= 11 is 11.2. The van der Waals surface area contributed by atoms with E-state index in [1.807, 2.05) is 0 Å². The second-order valence-electron chi connectivity index (χ2n) is 2.25. The Bertz CT molecular complexity index is 192. The molecular formula is C6H6Cl2O3. The number of alkyl halides is 2. The fourth-order valence-electron chi connectivity index (χ4n) is 0.769. The van der Waals surface area contributed by atoms with Crippen molar-refractivity contribution >= 4 is 35.1 Å². The molecule has 0 bridgehead atoms. The molecule has 2 atom stereocenters. The third-order valence-electron chi connectivity index (χ3n) is 1.38. The van der Waals surface area contributed by atoms with Crippen molar-refractivity contribution in [3.8, 4) is 0 Å². The van der Waals surface area contributed by atoms with Gasteiger partial charge in [-0.1, -0.05) is 0 Å². The molecule has 1 saturated heterocycles. The van der Waals surface area contributed by atoms with Crippen LogP contribution in [0.15, 0.2) is 0 Å². The highest BCUT2D eigenvalue weighted by atomic mass is 35.5. The molecule has 1 fully saturated rings. The molecule has 0 aliphatic carbocycles. The summed E-state index contributed by atoms with van der Waals surface area (Å²) in [6.07, 6.45) is 0.545. The standard InChI is InChI=1S/C6H6Cl2O3/c7-3-1-2-4(9)11-6(10)5(3)8/h3,5H,1-2H2. The van der Waals surface area contributed by atoms with E-state index in [1.54, 1.807) is 0 Å². The molecule has 11 heavy (non-hydrogen) atoms. The molecular weight excluding hydrogens is 191 g/mol. The highest BCUT2D eigenvalue weighted by Gasteiger charge is 2.31. The van der Waals surface area contributed by atoms with Gasteiger partial charge in [-0.15, -0.1) is 23.2 Å². The van der Waals surface area contributed by atoms with E-state index in [1.165, 1.54) is 0 Å². The maximum absolute atomic E-state index is 10.8. The lowest BCUT2D eigenvalue weighted by atomic mass is 10.2. The summed E-state index contributed by atoms with van der Waals surface area (Å²) in [5, 5.41) is -1.40. The Balaban J connectivity index is 2.68. The second kappa shape index (κ2) is 3.41. The first-order valence-corrected chi connectivity index (χ1v) is 4.01. The summed E-state index contributed by atoms with van der Waals surface area (Å²) in [6.45, 7) is 0. The molecule has 0 aromatic heterocycles. The van der Waals surface area contributed by atoms with Gasteiger partial charge in [-0.05, 0) is 6.42 Å². The van der Waals surface area contributed by atoms with Crippen molar-refractivity contribution in [3.63, 3.8) is 0 Å². The van der Waals surface area contributed by atoms with E-state index in [2.05, 4.69) is 4.74 Å². The number of carbonyl (C=O) groups is 2. The molecule has 0 aromatic carbocycles. The quantitative estimate of drug-likeness (QED) is 0.331. The van der Waals surface area contributed by atoms with Gasteiger partial charge in [0, 0.05) is 6.42 Å². The van der Waals surface area contributed by atoms with Gasteiger partial charge < -0.3 is 4.74 Å². The topological polar surface area (TPSA) is 43.4 Å². The van der Waals surface area contributed by atoms with E-state index in [4.69, 9.17) is 23.2 Å². The predicted molar refractivity (Wildman–Crippen MR) is 39.6 cm³/mol. The van der Waals surface area contributed by atoms with Crippen LogP contribution in [0.1, 0.15) is 12.8 Å². The summed E-state index contributed by atoms with van der Waals surface area (Å²) in [7, 11) is 0. The Morgan fingerprint density at radius 1 is 1.36 bits per heavy atom. The van der Waals surface area contributed by atoms with E-state index < -0.39 is 22.7 Å². The number of esters is 2. The van der Waals surface area contributed by atoms with Gasteiger partial charge in [-0.2, -0.15) is 0 Å². The first kappa shape index (κ1) is 8.81. The minimum atomic E-state index is -0.900. The van der Waals surface area contributed by atoms with Gasteiger partial charge in [-0.3, -0.25) is 4.79 Å². The van der Waals surface area contributed by atoms with Crippen molar-refractivity contribution in [2.75, 3.05) is 0 Å². The Labute approximate surface area is 73.6 Å². The van der Waals surface area contributed by atoms with Crippen LogP contribution in [0.2, 0.25) is 0 Å². The van der Waals surface area contributed by atoms with E-state index in [0.717, 1.165) is 0 Å². The van der Waals surface area contributed by atoms with E-state index in [9.17, 15) is 9.59 Å². The van der Waals surface area contributed by atoms with Crippen molar-refractivity contribution in [3.05, 3.63) is 0 Å². The maximum atomic E-state index is 10.8. The number of ether oxygens (including phenoxy) is 1. The molecule has 1 aliphatic heterocycles. The first-order valence-electron chi connectivity index (χ1n) is 3.14. The van der Waals surface area contributed by atoms with Crippen molar-refractivity contribution < 1.29 is 14.3 Å². The number of cyclic esters (lactones) is 2. The minimum Gasteiger partial charge on any atom is -0.392 e. The lowest BCUT2D eigenvalue weighted by Crippen LogP contribution is -2.24. The van der Waals surface area contributed by atoms with Crippen LogP contribution >= 0.6 is 23.2 Å². The highest BCUT2D eigenvalue weighted by Crippen LogP contribution is 2.20. The highest BCUT2D eigenvalue weighted by molar-refractivity contribution is 6.37. The number of rotatable bonds is 0. The van der Waals surface area contributed by atoms with Crippen molar-refractivity contribution in [1.82, 2.24) is 0 Å². The largest absolute Gasteiger partial charge is 0.392 e. The van der Waals surface area contributed by atoms with Gasteiger partial charge in [0.15, 0.2) is 0 Å². The zero-order valence-corrected chi connectivity index (χ0v) is 7.06. The Hall–Kier alpha value is -0.280. The number of hydrogen-bond donors (Lipinski definition) is 0. The number of halogens is 2. The summed E-state index contributed by atoms with van der Waals surface area (Å²) in [6, 6.07) is 0. The molecule has 0 N–H and O–H groups in total. The van der Waals surface area contributed by atoms with Gasteiger partial charge in [0.05, 0.1) is 5.38 Å². The fraction of sp³-hybridized carbons (Fsp3) is 0.667. The van der Waals surface area contributed by atoms with Crippen molar-refractivity contribution in [2.24, 2.45) is 0 Å². The molecule has 0 saturated carbocycles. The van der Waals surface area contributed by atoms with E-state index >= 15 is 0 Å². The van der Waals surface area contributed by atoms with E-state index in [0.29, 0.717) is 6.42 Å². The fourth-order valence-corrected chi connectivity index (χ4v) is 1.15. The van der Waals surface area contributed by atoms with Gasteiger partial charge >= 0.3 is 11.9 Å². The lowest BCUT2D eigenvalue weighted by Gasteiger charge is -2.06. The average Bonchev–Trinajstić information content (AvgIpc) is 2.05. The smallest absolute Gasteiger partial charge is 0.333 e. The summed E-state index contributed by atoms with van der Waals surface area (Å²) < 4.78 is 4.30.